The van der Waals surface area contributed by atoms with E-state index in [1.165, 1.54) is 27.2 Å². The molecule has 0 aliphatic heterocycles. The Hall–Kier alpha value is -3.01. The van der Waals surface area contributed by atoms with Crippen LogP contribution in [0, 0.1) is 11.3 Å². The van der Waals surface area contributed by atoms with Crippen LogP contribution in [-0.2, 0) is 16.0 Å². The fourth-order valence-electron chi connectivity index (χ4n) is 3.51. The lowest BCUT2D eigenvalue weighted by atomic mass is 9.83. The molecule has 0 heterocycles. The van der Waals surface area contributed by atoms with Gasteiger partial charge >= 0.3 is 5.97 Å². The van der Waals surface area contributed by atoms with Gasteiger partial charge in [0.05, 0.1) is 25.9 Å². The van der Waals surface area contributed by atoms with Crippen LogP contribution in [-0.4, -0.2) is 37.7 Å². The first-order chi connectivity index (χ1) is 13.9. The molecule has 1 aliphatic rings. The van der Waals surface area contributed by atoms with Gasteiger partial charge in [-0.25, -0.2) is 4.79 Å². The van der Waals surface area contributed by atoms with Crippen LogP contribution in [0.3, 0.4) is 0 Å². The summed E-state index contributed by atoms with van der Waals surface area (Å²) < 4.78 is 16.0. The zero-order valence-electron chi connectivity index (χ0n) is 17.2. The van der Waals surface area contributed by atoms with Crippen molar-refractivity contribution in [2.24, 2.45) is 0 Å². The average molecular weight is 400 g/mol. The second kappa shape index (κ2) is 9.97. The summed E-state index contributed by atoms with van der Waals surface area (Å²) in [5.41, 5.74) is 0.0829. The maximum atomic E-state index is 12.6. The van der Waals surface area contributed by atoms with Crippen molar-refractivity contribution in [3.63, 3.8) is 0 Å². The quantitative estimate of drug-likeness (QED) is 0.531. The van der Waals surface area contributed by atoms with Crippen LogP contribution in [0.2, 0.25) is 0 Å². The van der Waals surface area contributed by atoms with Crippen LogP contribution < -0.4 is 14.8 Å². The van der Waals surface area contributed by atoms with Gasteiger partial charge in [0.25, 0.3) is 5.91 Å². The SMILES string of the molecule is C=CCc1cc(C(=O)OC(C)C(=O)NC2(C#N)CCCCC2)cc(OC)c1OC. The fraction of sp³-hybridized carbons (Fsp3) is 0.500. The Balaban J connectivity index is 2.14. The number of esters is 1. The minimum atomic E-state index is -1.04. The first-order valence-corrected chi connectivity index (χ1v) is 9.69. The van der Waals surface area contributed by atoms with Gasteiger partial charge in [0.1, 0.15) is 5.54 Å². The fourth-order valence-corrected chi connectivity index (χ4v) is 3.51. The smallest absolute Gasteiger partial charge is 0.339 e. The second-order valence-electron chi connectivity index (χ2n) is 7.16. The number of carbonyl (C=O) groups is 2. The van der Waals surface area contributed by atoms with Gasteiger partial charge in [0.2, 0.25) is 0 Å². The highest BCUT2D eigenvalue weighted by Gasteiger charge is 2.35. The summed E-state index contributed by atoms with van der Waals surface area (Å²) in [7, 11) is 3.00. The van der Waals surface area contributed by atoms with Crippen molar-refractivity contribution in [1.82, 2.24) is 5.32 Å². The van der Waals surface area contributed by atoms with Crippen LogP contribution in [0.1, 0.15) is 54.9 Å². The molecule has 7 nitrogen and oxygen atoms in total. The van der Waals surface area contributed by atoms with Crippen molar-refractivity contribution < 1.29 is 23.8 Å². The normalized spacial score (nSPS) is 16.1. The number of methoxy groups -OCH3 is 2. The van der Waals surface area contributed by atoms with E-state index in [1.807, 2.05) is 0 Å². The zero-order valence-corrected chi connectivity index (χ0v) is 17.2. The highest BCUT2D eigenvalue weighted by atomic mass is 16.5. The molecule has 1 fully saturated rings. The van der Waals surface area contributed by atoms with E-state index in [4.69, 9.17) is 14.2 Å². The number of hydrogen-bond donors (Lipinski definition) is 1. The van der Waals surface area contributed by atoms with Crippen molar-refractivity contribution in [3.8, 4) is 17.6 Å². The van der Waals surface area contributed by atoms with Gasteiger partial charge in [0, 0.05) is 5.56 Å². The molecule has 1 amide bonds. The second-order valence-corrected chi connectivity index (χ2v) is 7.16. The molecule has 2 rings (SSSR count). The maximum absolute atomic E-state index is 12.6. The van der Waals surface area contributed by atoms with Gasteiger partial charge in [-0.15, -0.1) is 6.58 Å². The van der Waals surface area contributed by atoms with Crippen molar-refractivity contribution in [1.29, 1.82) is 5.26 Å². The van der Waals surface area contributed by atoms with Crippen LogP contribution >= 0.6 is 0 Å². The Morgan fingerprint density at radius 2 is 1.97 bits per heavy atom. The van der Waals surface area contributed by atoms with Gasteiger partial charge < -0.3 is 19.5 Å². The lowest BCUT2D eigenvalue weighted by Crippen LogP contribution is -2.52. The summed E-state index contributed by atoms with van der Waals surface area (Å²) in [5.74, 6) is -0.230. The molecule has 1 aromatic carbocycles. The Morgan fingerprint density at radius 1 is 1.28 bits per heavy atom. The molecule has 0 aromatic heterocycles. The van der Waals surface area contributed by atoms with E-state index >= 15 is 0 Å². The molecular formula is C22H28N2O5. The number of nitrogens with zero attached hydrogens (tertiary/aromatic N) is 1. The Labute approximate surface area is 171 Å². The van der Waals surface area contributed by atoms with E-state index in [-0.39, 0.29) is 5.56 Å². The number of hydrogen-bond acceptors (Lipinski definition) is 6. The monoisotopic (exact) mass is 400 g/mol. The first kappa shape index (κ1) is 22.3. The van der Waals surface area contributed by atoms with E-state index in [0.717, 1.165) is 24.8 Å². The van der Waals surface area contributed by atoms with Gasteiger partial charge in [-0.1, -0.05) is 25.3 Å². The summed E-state index contributed by atoms with van der Waals surface area (Å²) in [4.78, 5) is 25.2. The molecule has 1 aromatic rings. The zero-order chi connectivity index (χ0) is 21.4. The average Bonchev–Trinajstić information content (AvgIpc) is 2.73. The number of amides is 1. The molecule has 7 heteroatoms. The predicted octanol–water partition coefficient (Wildman–Crippen LogP) is 3.32. The molecule has 29 heavy (non-hydrogen) atoms. The largest absolute Gasteiger partial charge is 0.493 e. The van der Waals surface area contributed by atoms with E-state index in [2.05, 4.69) is 18.0 Å². The molecule has 0 bridgehead atoms. The number of allylic oxidation sites excluding steroid dienone is 1. The van der Waals surface area contributed by atoms with Gasteiger partial charge in [-0.2, -0.15) is 5.26 Å². The van der Waals surface area contributed by atoms with Crippen LogP contribution in [0.4, 0.5) is 0 Å². The minimum absolute atomic E-state index is 0.242. The molecule has 156 valence electrons. The Bertz CT molecular complexity index is 806. The molecule has 1 unspecified atom stereocenters. The summed E-state index contributed by atoms with van der Waals surface area (Å²) in [5, 5.41) is 12.3. The Morgan fingerprint density at radius 3 is 2.52 bits per heavy atom. The number of ether oxygens (including phenoxy) is 3. The molecule has 0 spiro atoms. The number of carbonyl (C=O) groups excluding carboxylic acids is 2. The Kier molecular flexibility index (Phi) is 7.66. The first-order valence-electron chi connectivity index (χ1n) is 9.69. The van der Waals surface area contributed by atoms with E-state index in [9.17, 15) is 14.9 Å². The third-order valence-electron chi connectivity index (χ3n) is 5.09. The van der Waals surface area contributed by atoms with E-state index < -0.39 is 23.5 Å². The number of nitrogens with one attached hydrogen (secondary N) is 1. The summed E-state index contributed by atoms with van der Waals surface area (Å²) in [6, 6.07) is 5.37. The minimum Gasteiger partial charge on any atom is -0.493 e. The standard InChI is InChI=1S/C22H28N2O5/c1-5-9-16-12-17(13-18(27-3)19(16)28-4)21(26)29-15(2)20(25)24-22(14-23)10-7-6-8-11-22/h5,12-13,15H,1,6-11H2,2-4H3,(H,24,25). The molecule has 1 atom stereocenters. The summed E-state index contributed by atoms with van der Waals surface area (Å²) >= 11 is 0. The summed E-state index contributed by atoms with van der Waals surface area (Å²) in [6.07, 6.45) is 5.17. The van der Waals surface area contributed by atoms with Crippen LogP contribution in [0.5, 0.6) is 11.5 Å². The van der Waals surface area contributed by atoms with Crippen molar-refractivity contribution in [2.75, 3.05) is 14.2 Å². The molecular weight excluding hydrogens is 372 g/mol. The molecule has 0 saturated heterocycles. The lowest BCUT2D eigenvalue weighted by Gasteiger charge is -2.32. The van der Waals surface area contributed by atoms with Gasteiger partial charge in [-0.3, -0.25) is 4.79 Å². The van der Waals surface area contributed by atoms with E-state index in [1.54, 1.807) is 12.1 Å². The maximum Gasteiger partial charge on any atom is 0.339 e. The predicted molar refractivity (Wildman–Crippen MR) is 108 cm³/mol. The highest BCUT2D eigenvalue weighted by Crippen LogP contribution is 2.33. The number of benzene rings is 1. The van der Waals surface area contributed by atoms with E-state index in [0.29, 0.717) is 30.8 Å². The lowest BCUT2D eigenvalue weighted by molar-refractivity contribution is -0.130. The van der Waals surface area contributed by atoms with Crippen molar-refractivity contribution in [3.05, 3.63) is 35.9 Å². The molecule has 1 saturated carbocycles. The topological polar surface area (TPSA) is 97.7 Å². The van der Waals surface area contributed by atoms with Gasteiger partial charge in [-0.05, 0) is 38.3 Å². The van der Waals surface area contributed by atoms with Crippen molar-refractivity contribution in [2.45, 2.75) is 57.1 Å². The molecule has 0 radical (unpaired) electrons. The molecule has 1 aliphatic carbocycles. The summed E-state index contributed by atoms with van der Waals surface area (Å²) in [6.45, 7) is 5.20. The highest BCUT2D eigenvalue weighted by molar-refractivity contribution is 5.93. The molecule has 1 N–H and O–H groups in total. The third-order valence-corrected chi connectivity index (χ3v) is 5.09. The number of nitriles is 1. The number of rotatable bonds is 8. The van der Waals surface area contributed by atoms with Crippen LogP contribution in [0.15, 0.2) is 24.8 Å². The third kappa shape index (κ3) is 5.29. The van der Waals surface area contributed by atoms with Gasteiger partial charge in [0.15, 0.2) is 17.6 Å². The van der Waals surface area contributed by atoms with Crippen molar-refractivity contribution >= 4 is 11.9 Å². The van der Waals surface area contributed by atoms with Crippen LogP contribution in [0.25, 0.3) is 0 Å².